The summed E-state index contributed by atoms with van der Waals surface area (Å²) in [5.41, 5.74) is 2.25. The Bertz CT molecular complexity index is 797. The van der Waals surface area contributed by atoms with E-state index in [0.29, 0.717) is 5.57 Å². The summed E-state index contributed by atoms with van der Waals surface area (Å²) in [6.45, 7) is 10.4. The van der Waals surface area contributed by atoms with E-state index in [1.54, 1.807) is 7.05 Å². The van der Waals surface area contributed by atoms with E-state index in [-0.39, 0.29) is 17.4 Å². The third-order valence-corrected chi connectivity index (χ3v) is 4.23. The number of likely N-dealkylation sites (N-methyl/N-ethyl adjacent to an activating group) is 1. The number of para-hydroxylation sites is 2. The van der Waals surface area contributed by atoms with Gasteiger partial charge >= 0.3 is 0 Å². The first kappa shape index (κ1) is 17.3. The lowest BCUT2D eigenvalue weighted by molar-refractivity contribution is -0.124. The summed E-state index contributed by atoms with van der Waals surface area (Å²) in [7, 11) is 1.68. The fraction of sp³-hybridized carbons (Fsp3) is 0.400. The third kappa shape index (κ3) is 3.06. The Morgan fingerprint density at radius 2 is 1.84 bits per heavy atom. The van der Waals surface area contributed by atoms with Crippen LogP contribution in [0.5, 0.6) is 5.75 Å². The molecule has 1 aromatic rings. The highest BCUT2D eigenvalue weighted by molar-refractivity contribution is 6.26. The Morgan fingerprint density at radius 1 is 1.16 bits per heavy atom. The van der Waals surface area contributed by atoms with E-state index in [1.165, 1.54) is 5.01 Å². The molecular formula is C20H25N3O2. The maximum atomic E-state index is 12.5. The molecule has 1 amide bonds. The van der Waals surface area contributed by atoms with Crippen molar-refractivity contribution < 1.29 is 9.53 Å². The number of carbonyl (C=O) groups excluding carboxylic acids is 1. The van der Waals surface area contributed by atoms with E-state index in [0.717, 1.165) is 23.0 Å². The molecule has 0 bridgehead atoms. The maximum absolute atomic E-state index is 12.5. The standard InChI is InChI=1S/C20H25N3O2/c1-13(2)23-15-9-7-8-10-16(15)25-17(23)12-11-14-18(20(3,4)5)21-22(6)19(14)24/h7-13H,1-6H3/b14-11+,17-12+. The van der Waals surface area contributed by atoms with Gasteiger partial charge in [-0.1, -0.05) is 32.9 Å². The van der Waals surface area contributed by atoms with Crippen LogP contribution in [0.4, 0.5) is 5.69 Å². The molecule has 0 atom stereocenters. The third-order valence-electron chi connectivity index (χ3n) is 4.23. The zero-order valence-electron chi connectivity index (χ0n) is 15.7. The second-order valence-corrected chi connectivity index (χ2v) is 7.65. The van der Waals surface area contributed by atoms with Crippen LogP contribution < -0.4 is 9.64 Å². The molecule has 5 nitrogen and oxygen atoms in total. The summed E-state index contributed by atoms with van der Waals surface area (Å²) in [5.74, 6) is 1.47. The van der Waals surface area contributed by atoms with Crippen molar-refractivity contribution >= 4 is 17.3 Å². The normalized spacial score (nSPS) is 20.6. The van der Waals surface area contributed by atoms with Gasteiger partial charge in [0.25, 0.3) is 5.91 Å². The average molecular weight is 339 g/mol. The second kappa shape index (κ2) is 6.06. The van der Waals surface area contributed by atoms with Gasteiger partial charge in [-0.2, -0.15) is 5.10 Å². The smallest absolute Gasteiger partial charge is 0.275 e. The predicted octanol–water partition coefficient (Wildman–Crippen LogP) is 3.94. The van der Waals surface area contributed by atoms with Gasteiger partial charge in [0.15, 0.2) is 5.75 Å². The molecule has 2 aliphatic rings. The van der Waals surface area contributed by atoms with Crippen molar-refractivity contribution in [2.75, 3.05) is 11.9 Å². The molecule has 0 fully saturated rings. The molecule has 1 aromatic carbocycles. The van der Waals surface area contributed by atoms with Crippen LogP contribution in [0, 0.1) is 5.41 Å². The topological polar surface area (TPSA) is 45.1 Å². The predicted molar refractivity (Wildman–Crippen MR) is 101 cm³/mol. The molecule has 2 heterocycles. The lowest BCUT2D eigenvalue weighted by Gasteiger charge is -2.22. The Morgan fingerprint density at radius 3 is 2.48 bits per heavy atom. The molecule has 0 saturated heterocycles. The number of fused-ring (bicyclic) bond motifs is 1. The molecule has 0 N–H and O–H groups in total. The van der Waals surface area contributed by atoms with Gasteiger partial charge in [0.1, 0.15) is 0 Å². The molecule has 25 heavy (non-hydrogen) atoms. The number of hydrazone groups is 1. The fourth-order valence-corrected chi connectivity index (χ4v) is 3.05. The Hall–Kier alpha value is -2.56. The van der Waals surface area contributed by atoms with Crippen molar-refractivity contribution in [1.82, 2.24) is 5.01 Å². The van der Waals surface area contributed by atoms with Gasteiger partial charge in [-0.15, -0.1) is 0 Å². The minimum atomic E-state index is -0.206. The van der Waals surface area contributed by atoms with Crippen molar-refractivity contribution in [3.8, 4) is 5.75 Å². The van der Waals surface area contributed by atoms with E-state index in [2.05, 4.69) is 44.6 Å². The molecule has 3 rings (SSSR count). The SMILES string of the molecule is CC(C)N1/C(=C\C=C2\C(=O)N(C)N=C2C(C)(C)C)Oc2ccccc21. The van der Waals surface area contributed by atoms with Crippen LogP contribution in [0.3, 0.4) is 0 Å². The number of anilines is 1. The first-order chi connectivity index (χ1) is 11.7. The Balaban J connectivity index is 1.99. The van der Waals surface area contributed by atoms with Crippen LogP contribution in [0.15, 0.2) is 53.0 Å². The molecule has 0 unspecified atom stereocenters. The summed E-state index contributed by atoms with van der Waals surface area (Å²) in [6.07, 6.45) is 3.69. The van der Waals surface area contributed by atoms with Crippen LogP contribution in [-0.4, -0.2) is 29.7 Å². The number of ether oxygens (including phenoxy) is 1. The number of rotatable bonds is 2. The fourth-order valence-electron chi connectivity index (χ4n) is 3.05. The quantitative estimate of drug-likeness (QED) is 0.767. The highest BCUT2D eigenvalue weighted by Crippen LogP contribution is 2.40. The monoisotopic (exact) mass is 339 g/mol. The number of hydrogen-bond donors (Lipinski definition) is 0. The zero-order valence-corrected chi connectivity index (χ0v) is 15.7. The van der Waals surface area contributed by atoms with Crippen molar-refractivity contribution in [1.29, 1.82) is 0 Å². The van der Waals surface area contributed by atoms with E-state index < -0.39 is 0 Å². The minimum absolute atomic E-state index is 0.0895. The summed E-state index contributed by atoms with van der Waals surface area (Å²) in [5, 5.41) is 5.81. The van der Waals surface area contributed by atoms with Crippen LogP contribution >= 0.6 is 0 Å². The van der Waals surface area contributed by atoms with Gasteiger partial charge in [0.05, 0.1) is 17.0 Å². The molecule has 5 heteroatoms. The van der Waals surface area contributed by atoms with Crippen molar-refractivity contribution in [2.45, 2.75) is 40.7 Å². The number of amides is 1. The largest absolute Gasteiger partial charge is 0.439 e. The molecule has 0 spiro atoms. The Kier molecular flexibility index (Phi) is 4.19. The summed E-state index contributed by atoms with van der Waals surface area (Å²) < 4.78 is 6.00. The first-order valence-corrected chi connectivity index (χ1v) is 8.55. The van der Waals surface area contributed by atoms with Crippen LogP contribution in [0.2, 0.25) is 0 Å². The van der Waals surface area contributed by atoms with Gasteiger partial charge in [-0.25, -0.2) is 5.01 Å². The summed E-state index contributed by atoms with van der Waals surface area (Å²) in [4.78, 5) is 14.6. The highest BCUT2D eigenvalue weighted by atomic mass is 16.5. The number of hydrogen-bond acceptors (Lipinski definition) is 4. The number of benzene rings is 1. The van der Waals surface area contributed by atoms with Crippen molar-refractivity contribution in [3.05, 3.63) is 47.9 Å². The molecule has 0 saturated carbocycles. The van der Waals surface area contributed by atoms with E-state index >= 15 is 0 Å². The van der Waals surface area contributed by atoms with Crippen LogP contribution in [-0.2, 0) is 4.79 Å². The number of nitrogens with zero attached hydrogens (tertiary/aromatic N) is 3. The van der Waals surface area contributed by atoms with Crippen molar-refractivity contribution in [3.63, 3.8) is 0 Å². The molecule has 0 aromatic heterocycles. The maximum Gasteiger partial charge on any atom is 0.275 e. The van der Waals surface area contributed by atoms with E-state index in [9.17, 15) is 4.79 Å². The van der Waals surface area contributed by atoms with Crippen molar-refractivity contribution in [2.24, 2.45) is 10.5 Å². The number of allylic oxidation sites excluding steroid dienone is 2. The lowest BCUT2D eigenvalue weighted by atomic mass is 9.85. The van der Waals surface area contributed by atoms with Gasteiger partial charge in [0.2, 0.25) is 5.88 Å². The first-order valence-electron chi connectivity index (χ1n) is 8.55. The Labute approximate surface area is 149 Å². The van der Waals surface area contributed by atoms with Gasteiger partial charge < -0.3 is 9.64 Å². The van der Waals surface area contributed by atoms with E-state index in [1.807, 2.05) is 36.4 Å². The van der Waals surface area contributed by atoms with Gasteiger partial charge in [-0.3, -0.25) is 4.79 Å². The lowest BCUT2D eigenvalue weighted by Crippen LogP contribution is -2.28. The number of carbonyl (C=O) groups is 1. The second-order valence-electron chi connectivity index (χ2n) is 7.65. The summed E-state index contributed by atoms with van der Waals surface area (Å²) >= 11 is 0. The minimum Gasteiger partial charge on any atom is -0.439 e. The summed E-state index contributed by atoms with van der Waals surface area (Å²) in [6, 6.07) is 8.19. The van der Waals surface area contributed by atoms with Gasteiger partial charge in [-0.05, 0) is 38.1 Å². The molecular weight excluding hydrogens is 314 g/mol. The molecule has 132 valence electrons. The zero-order chi connectivity index (χ0) is 18.4. The van der Waals surface area contributed by atoms with Crippen LogP contribution in [0.1, 0.15) is 34.6 Å². The van der Waals surface area contributed by atoms with E-state index in [4.69, 9.17) is 4.74 Å². The highest BCUT2D eigenvalue weighted by Gasteiger charge is 2.35. The molecule has 2 aliphatic heterocycles. The molecule has 0 aliphatic carbocycles. The molecule has 0 radical (unpaired) electrons. The average Bonchev–Trinajstić information content (AvgIpc) is 3.03. The van der Waals surface area contributed by atoms with Gasteiger partial charge in [0, 0.05) is 18.5 Å². The van der Waals surface area contributed by atoms with Crippen LogP contribution in [0.25, 0.3) is 0 Å².